The maximum absolute atomic E-state index is 12.3. The molecule has 116 valence electrons. The number of hydrogen-bond donors (Lipinski definition) is 2. The number of hydrogen-bond acceptors (Lipinski definition) is 3. The molecule has 1 amide bonds. The van der Waals surface area contributed by atoms with Gasteiger partial charge in [0.2, 0.25) is 10.0 Å². The van der Waals surface area contributed by atoms with Crippen LogP contribution >= 0.6 is 15.9 Å². The Bertz CT molecular complexity index is 669. The molecule has 0 saturated heterocycles. The van der Waals surface area contributed by atoms with Crippen LogP contribution in [0.15, 0.2) is 21.5 Å². The van der Waals surface area contributed by atoms with Crippen molar-refractivity contribution in [3.05, 3.63) is 27.7 Å². The van der Waals surface area contributed by atoms with Crippen LogP contribution in [-0.4, -0.2) is 20.9 Å². The van der Waals surface area contributed by atoms with E-state index in [0.29, 0.717) is 34.0 Å². The van der Waals surface area contributed by atoms with Gasteiger partial charge in [0.25, 0.3) is 5.91 Å². The van der Waals surface area contributed by atoms with Gasteiger partial charge >= 0.3 is 0 Å². The molecular weight excluding hydrogens is 356 g/mol. The molecule has 3 N–H and O–H groups in total. The van der Waals surface area contributed by atoms with E-state index in [1.165, 1.54) is 18.9 Å². The van der Waals surface area contributed by atoms with Gasteiger partial charge in [0.15, 0.2) is 0 Å². The number of halogens is 1. The molecule has 21 heavy (non-hydrogen) atoms. The number of primary sulfonamides is 1. The second kappa shape index (κ2) is 6.06. The fraction of sp³-hybridized carbons (Fsp3) is 0.500. The molecule has 1 aromatic rings. The summed E-state index contributed by atoms with van der Waals surface area (Å²) in [4.78, 5) is 12.2. The van der Waals surface area contributed by atoms with Gasteiger partial charge in [-0.1, -0.05) is 22.9 Å². The minimum absolute atomic E-state index is 0.0303. The van der Waals surface area contributed by atoms with Gasteiger partial charge in [-0.3, -0.25) is 4.79 Å². The van der Waals surface area contributed by atoms with Gasteiger partial charge in [-0.25, -0.2) is 13.6 Å². The summed E-state index contributed by atoms with van der Waals surface area (Å²) < 4.78 is 23.7. The summed E-state index contributed by atoms with van der Waals surface area (Å²) in [6.07, 6.45) is 2.45. The normalized spacial score (nSPS) is 16.6. The van der Waals surface area contributed by atoms with Crippen molar-refractivity contribution in [2.75, 3.05) is 6.54 Å². The molecule has 2 rings (SSSR count). The van der Waals surface area contributed by atoms with Crippen LogP contribution in [0.25, 0.3) is 0 Å². The second-order valence-corrected chi connectivity index (χ2v) is 8.09. The van der Waals surface area contributed by atoms with E-state index in [2.05, 4.69) is 28.2 Å². The fourth-order valence-corrected chi connectivity index (χ4v) is 3.80. The van der Waals surface area contributed by atoms with Crippen LogP contribution in [0.1, 0.15) is 35.7 Å². The molecule has 1 fully saturated rings. The molecule has 0 radical (unpaired) electrons. The highest BCUT2D eigenvalue weighted by Crippen LogP contribution is 2.36. The van der Waals surface area contributed by atoms with Gasteiger partial charge in [0.05, 0.1) is 4.90 Å². The molecular formula is C14H19BrN2O3S. The summed E-state index contributed by atoms with van der Waals surface area (Å²) in [6, 6.07) is 3.02. The number of rotatable bonds is 5. The zero-order chi connectivity index (χ0) is 15.8. The van der Waals surface area contributed by atoms with Crippen molar-refractivity contribution in [2.24, 2.45) is 17.0 Å². The van der Waals surface area contributed by atoms with E-state index in [0.717, 1.165) is 0 Å². The Morgan fingerprint density at radius 2 is 2.10 bits per heavy atom. The maximum atomic E-state index is 12.3. The largest absolute Gasteiger partial charge is 0.352 e. The predicted molar refractivity (Wildman–Crippen MR) is 84.5 cm³/mol. The number of amides is 1. The van der Waals surface area contributed by atoms with Crippen molar-refractivity contribution >= 4 is 31.9 Å². The average molecular weight is 375 g/mol. The van der Waals surface area contributed by atoms with Crippen molar-refractivity contribution in [1.82, 2.24) is 5.32 Å². The number of carbonyl (C=O) groups is 1. The number of carbonyl (C=O) groups excluding carboxylic acids is 1. The van der Waals surface area contributed by atoms with Gasteiger partial charge < -0.3 is 5.32 Å². The molecule has 1 aliphatic rings. The molecule has 1 aromatic carbocycles. The molecule has 1 aliphatic carbocycles. The fourth-order valence-electron chi connectivity index (χ4n) is 2.37. The average Bonchev–Trinajstić information content (AvgIpc) is 3.20. The van der Waals surface area contributed by atoms with Gasteiger partial charge in [0.1, 0.15) is 0 Å². The summed E-state index contributed by atoms with van der Waals surface area (Å²) in [6.45, 7) is 4.30. The van der Waals surface area contributed by atoms with Crippen LogP contribution < -0.4 is 10.5 Å². The Morgan fingerprint density at radius 3 is 2.62 bits per heavy atom. The number of benzene rings is 1. The zero-order valence-electron chi connectivity index (χ0n) is 12.0. The molecule has 1 saturated carbocycles. The Hall–Kier alpha value is -0.920. The van der Waals surface area contributed by atoms with Gasteiger partial charge in [0, 0.05) is 16.6 Å². The summed E-state index contributed by atoms with van der Waals surface area (Å²) in [5.74, 6) is 0.874. The van der Waals surface area contributed by atoms with Crippen LogP contribution in [0.4, 0.5) is 0 Å². The lowest BCUT2D eigenvalue weighted by atomic mass is 10.1. The lowest BCUT2D eigenvalue weighted by molar-refractivity contribution is 0.0945. The zero-order valence-corrected chi connectivity index (χ0v) is 14.4. The van der Waals surface area contributed by atoms with Crippen molar-refractivity contribution in [3.8, 4) is 0 Å². The minimum Gasteiger partial charge on any atom is -0.352 e. The quantitative estimate of drug-likeness (QED) is 0.827. The van der Waals surface area contributed by atoms with Crippen molar-refractivity contribution in [1.29, 1.82) is 0 Å². The smallest absolute Gasteiger partial charge is 0.251 e. The van der Waals surface area contributed by atoms with Crippen LogP contribution in [0.2, 0.25) is 0 Å². The summed E-state index contributed by atoms with van der Waals surface area (Å²) in [5.41, 5.74) is 0.702. The van der Waals surface area contributed by atoms with E-state index in [1.54, 1.807) is 13.0 Å². The second-order valence-electron chi connectivity index (χ2n) is 5.65. The Balaban J connectivity index is 2.22. The van der Waals surface area contributed by atoms with Crippen molar-refractivity contribution in [2.45, 2.75) is 31.6 Å². The number of nitrogens with two attached hydrogens (primary N) is 1. The van der Waals surface area contributed by atoms with Crippen molar-refractivity contribution < 1.29 is 13.2 Å². The van der Waals surface area contributed by atoms with E-state index in [-0.39, 0.29) is 10.8 Å². The third-order valence-corrected chi connectivity index (χ3v) is 5.38. The lowest BCUT2D eigenvalue weighted by Gasteiger charge is -2.14. The minimum atomic E-state index is -3.86. The number of nitrogens with one attached hydrogen (secondary N) is 1. The summed E-state index contributed by atoms with van der Waals surface area (Å²) >= 11 is 3.22. The molecule has 5 nitrogen and oxygen atoms in total. The predicted octanol–water partition coefficient (Wildman–Crippen LogP) is 2.18. The lowest BCUT2D eigenvalue weighted by Crippen LogP contribution is -2.30. The summed E-state index contributed by atoms with van der Waals surface area (Å²) in [5, 5.41) is 8.06. The Morgan fingerprint density at radius 1 is 1.48 bits per heavy atom. The standard InChI is InChI=1S/C14H19BrN2O3S/c1-8(10-3-4-10)7-17-14(18)12-5-11(15)6-13(9(12)2)21(16,19)20/h5-6,8,10H,3-4,7H2,1-2H3,(H,17,18)(H2,16,19,20). The first-order valence-corrected chi connectivity index (χ1v) is 9.15. The van der Waals surface area contributed by atoms with Crippen LogP contribution in [0.3, 0.4) is 0 Å². The van der Waals surface area contributed by atoms with Crippen molar-refractivity contribution in [3.63, 3.8) is 0 Å². The van der Waals surface area contributed by atoms with E-state index in [1.807, 2.05) is 0 Å². The van der Waals surface area contributed by atoms with E-state index in [4.69, 9.17) is 5.14 Å². The van der Waals surface area contributed by atoms with Crippen LogP contribution in [0.5, 0.6) is 0 Å². The number of sulfonamides is 1. The van der Waals surface area contributed by atoms with Gasteiger partial charge in [-0.15, -0.1) is 0 Å². The Kier molecular flexibility index (Phi) is 4.75. The molecule has 0 spiro atoms. The van der Waals surface area contributed by atoms with Gasteiger partial charge in [-0.2, -0.15) is 0 Å². The SMILES string of the molecule is Cc1c(C(=O)NCC(C)C2CC2)cc(Br)cc1S(N)(=O)=O. The first-order valence-electron chi connectivity index (χ1n) is 6.81. The molecule has 0 bridgehead atoms. The third-order valence-electron chi connectivity index (χ3n) is 3.89. The van der Waals surface area contributed by atoms with E-state index < -0.39 is 10.0 Å². The molecule has 7 heteroatoms. The van der Waals surface area contributed by atoms with E-state index >= 15 is 0 Å². The van der Waals surface area contributed by atoms with Gasteiger partial charge in [-0.05, 0) is 49.3 Å². The molecule has 1 atom stereocenters. The maximum Gasteiger partial charge on any atom is 0.251 e. The molecule has 0 aromatic heterocycles. The van der Waals surface area contributed by atoms with Crippen LogP contribution in [-0.2, 0) is 10.0 Å². The molecule has 0 heterocycles. The highest BCUT2D eigenvalue weighted by Gasteiger charge is 2.28. The third kappa shape index (κ3) is 4.05. The first-order chi connectivity index (χ1) is 9.70. The Labute approximate surface area is 133 Å². The first kappa shape index (κ1) is 16.5. The highest BCUT2D eigenvalue weighted by atomic mass is 79.9. The summed E-state index contributed by atoms with van der Waals surface area (Å²) in [7, 11) is -3.86. The molecule has 0 aliphatic heterocycles. The molecule has 1 unspecified atom stereocenters. The highest BCUT2D eigenvalue weighted by molar-refractivity contribution is 9.10. The topological polar surface area (TPSA) is 89.3 Å². The monoisotopic (exact) mass is 374 g/mol. The van der Waals surface area contributed by atoms with Crippen LogP contribution in [0, 0.1) is 18.8 Å². The van der Waals surface area contributed by atoms with E-state index in [9.17, 15) is 13.2 Å².